The maximum absolute atomic E-state index is 11.9. The lowest BCUT2D eigenvalue weighted by Gasteiger charge is -2.00. The number of aromatic nitrogens is 3. The summed E-state index contributed by atoms with van der Waals surface area (Å²) in [6.45, 7) is 2.65. The second-order valence-electron chi connectivity index (χ2n) is 3.32. The van der Waals surface area contributed by atoms with Crippen LogP contribution in [-0.2, 0) is 6.54 Å². The van der Waals surface area contributed by atoms with Crippen LogP contribution in [0.1, 0.15) is 13.3 Å². The number of allylic oxidation sites excluding steroid dienone is 2. The van der Waals surface area contributed by atoms with Crippen molar-refractivity contribution < 1.29 is 0 Å². The Balaban J connectivity index is 2.40. The van der Waals surface area contributed by atoms with Crippen molar-refractivity contribution in [3.05, 3.63) is 41.1 Å². The zero-order valence-corrected chi connectivity index (χ0v) is 8.60. The summed E-state index contributed by atoms with van der Waals surface area (Å²) in [5.41, 5.74) is 0.651. The van der Waals surface area contributed by atoms with Gasteiger partial charge in [-0.1, -0.05) is 19.1 Å². The van der Waals surface area contributed by atoms with Gasteiger partial charge < -0.3 is 4.98 Å². The number of nitrogens with one attached hydrogen (secondary N) is 1. The fraction of sp³-hybridized carbons (Fsp3) is 0.273. The van der Waals surface area contributed by atoms with E-state index in [1.807, 2.05) is 12.2 Å². The van der Waals surface area contributed by atoms with Crippen LogP contribution in [-0.4, -0.2) is 14.5 Å². The van der Waals surface area contributed by atoms with Gasteiger partial charge in [0.05, 0.1) is 5.39 Å². The first-order valence-electron chi connectivity index (χ1n) is 5.00. The summed E-state index contributed by atoms with van der Waals surface area (Å²) in [6, 6.07) is 1.75. The zero-order chi connectivity index (χ0) is 10.7. The van der Waals surface area contributed by atoms with Crippen molar-refractivity contribution in [2.24, 2.45) is 0 Å². The van der Waals surface area contributed by atoms with Gasteiger partial charge in [0.15, 0.2) is 0 Å². The van der Waals surface area contributed by atoms with Crippen LogP contribution in [0.25, 0.3) is 11.0 Å². The molecule has 0 bridgehead atoms. The molecule has 1 N–H and O–H groups in total. The topological polar surface area (TPSA) is 50.7 Å². The predicted molar refractivity (Wildman–Crippen MR) is 59.8 cm³/mol. The molecule has 2 aromatic heterocycles. The summed E-state index contributed by atoms with van der Waals surface area (Å²) >= 11 is 0. The molecule has 15 heavy (non-hydrogen) atoms. The standard InChI is InChI=1S/C11H13N3O/c1-2-3-4-7-14-8-13-10-9(11(14)15)5-6-12-10/h3-6,8,12H,2,7H2,1H3/b4-3+. The molecule has 0 aromatic carbocycles. The molecule has 0 amide bonds. The van der Waals surface area contributed by atoms with E-state index in [1.165, 1.54) is 0 Å². The summed E-state index contributed by atoms with van der Waals surface area (Å²) in [5.74, 6) is 0. The van der Waals surface area contributed by atoms with Crippen molar-refractivity contribution >= 4 is 11.0 Å². The van der Waals surface area contributed by atoms with Crippen LogP contribution in [0.15, 0.2) is 35.5 Å². The van der Waals surface area contributed by atoms with E-state index in [-0.39, 0.29) is 5.56 Å². The van der Waals surface area contributed by atoms with Crippen molar-refractivity contribution in [1.82, 2.24) is 14.5 Å². The van der Waals surface area contributed by atoms with Gasteiger partial charge >= 0.3 is 0 Å². The molecule has 0 saturated heterocycles. The molecular weight excluding hydrogens is 190 g/mol. The van der Waals surface area contributed by atoms with Crippen LogP contribution < -0.4 is 5.56 Å². The molecule has 0 saturated carbocycles. The van der Waals surface area contributed by atoms with Crippen molar-refractivity contribution in [3.8, 4) is 0 Å². The van der Waals surface area contributed by atoms with Crippen molar-refractivity contribution in [3.63, 3.8) is 0 Å². The van der Waals surface area contributed by atoms with Gasteiger partial charge in [0.2, 0.25) is 0 Å². The summed E-state index contributed by atoms with van der Waals surface area (Å²) < 4.78 is 1.60. The SMILES string of the molecule is CC/C=C/Cn1cnc2[nH]ccc2c1=O. The van der Waals surface area contributed by atoms with Crippen LogP contribution in [0.4, 0.5) is 0 Å². The first-order chi connectivity index (χ1) is 7.33. The molecular formula is C11H13N3O. The lowest BCUT2D eigenvalue weighted by atomic mass is 10.4. The molecule has 4 nitrogen and oxygen atoms in total. The molecule has 78 valence electrons. The Hall–Kier alpha value is -1.84. The van der Waals surface area contributed by atoms with E-state index in [4.69, 9.17) is 0 Å². The number of rotatable bonds is 3. The molecule has 0 aliphatic rings. The molecule has 0 spiro atoms. The summed E-state index contributed by atoms with van der Waals surface area (Å²) in [7, 11) is 0. The molecule has 2 aromatic rings. The third kappa shape index (κ3) is 1.83. The summed E-state index contributed by atoms with van der Waals surface area (Å²) in [6.07, 6.45) is 8.29. The Morgan fingerprint density at radius 1 is 1.53 bits per heavy atom. The van der Waals surface area contributed by atoms with E-state index in [9.17, 15) is 4.79 Å². The monoisotopic (exact) mass is 203 g/mol. The number of hydrogen-bond acceptors (Lipinski definition) is 2. The Labute approximate surface area is 87.3 Å². The number of aromatic amines is 1. The summed E-state index contributed by atoms with van der Waals surface area (Å²) in [5, 5.41) is 0.641. The minimum absolute atomic E-state index is 0.00185. The first-order valence-corrected chi connectivity index (χ1v) is 5.00. The number of nitrogens with zero attached hydrogens (tertiary/aromatic N) is 2. The van der Waals surface area contributed by atoms with Gasteiger partial charge in [0.1, 0.15) is 12.0 Å². The largest absolute Gasteiger partial charge is 0.346 e. The molecule has 2 rings (SSSR count). The van der Waals surface area contributed by atoms with Gasteiger partial charge in [-0.05, 0) is 12.5 Å². The van der Waals surface area contributed by atoms with Gasteiger partial charge in [-0.2, -0.15) is 0 Å². The van der Waals surface area contributed by atoms with Crippen LogP contribution in [0, 0.1) is 0 Å². The zero-order valence-electron chi connectivity index (χ0n) is 8.60. The van der Waals surface area contributed by atoms with Gasteiger partial charge in [-0.25, -0.2) is 4.98 Å². The van der Waals surface area contributed by atoms with Crippen LogP contribution in [0.3, 0.4) is 0 Å². The van der Waals surface area contributed by atoms with Crippen LogP contribution in [0.5, 0.6) is 0 Å². The van der Waals surface area contributed by atoms with E-state index in [0.29, 0.717) is 17.6 Å². The van der Waals surface area contributed by atoms with Crippen molar-refractivity contribution in [1.29, 1.82) is 0 Å². The lowest BCUT2D eigenvalue weighted by molar-refractivity contribution is 0.764. The molecule has 0 fully saturated rings. The number of fused-ring (bicyclic) bond motifs is 1. The Morgan fingerprint density at radius 2 is 2.40 bits per heavy atom. The van der Waals surface area contributed by atoms with Gasteiger partial charge in [0.25, 0.3) is 5.56 Å². The van der Waals surface area contributed by atoms with Gasteiger partial charge in [-0.15, -0.1) is 0 Å². The van der Waals surface area contributed by atoms with Gasteiger partial charge in [0, 0.05) is 12.7 Å². The van der Waals surface area contributed by atoms with Crippen LogP contribution in [0.2, 0.25) is 0 Å². The number of H-pyrrole nitrogens is 1. The number of hydrogen-bond donors (Lipinski definition) is 1. The maximum atomic E-state index is 11.9. The minimum Gasteiger partial charge on any atom is -0.346 e. The minimum atomic E-state index is 0.00185. The normalized spacial score (nSPS) is 11.5. The second kappa shape index (κ2) is 4.13. The first kappa shape index (κ1) is 9.71. The lowest BCUT2D eigenvalue weighted by Crippen LogP contribution is -2.19. The molecule has 0 aliphatic heterocycles. The van der Waals surface area contributed by atoms with E-state index in [2.05, 4.69) is 16.9 Å². The van der Waals surface area contributed by atoms with E-state index in [1.54, 1.807) is 23.2 Å². The van der Waals surface area contributed by atoms with E-state index < -0.39 is 0 Å². The fourth-order valence-corrected chi connectivity index (χ4v) is 1.46. The molecule has 0 aliphatic carbocycles. The summed E-state index contributed by atoms with van der Waals surface area (Å²) in [4.78, 5) is 18.9. The van der Waals surface area contributed by atoms with Crippen molar-refractivity contribution in [2.75, 3.05) is 0 Å². The molecule has 4 heteroatoms. The second-order valence-corrected chi connectivity index (χ2v) is 3.32. The van der Waals surface area contributed by atoms with Gasteiger partial charge in [-0.3, -0.25) is 9.36 Å². The highest BCUT2D eigenvalue weighted by Gasteiger charge is 2.02. The maximum Gasteiger partial charge on any atom is 0.263 e. The Bertz CT molecular complexity index is 536. The molecule has 0 atom stereocenters. The van der Waals surface area contributed by atoms with E-state index >= 15 is 0 Å². The molecule has 0 radical (unpaired) electrons. The quantitative estimate of drug-likeness (QED) is 0.772. The highest BCUT2D eigenvalue weighted by molar-refractivity contribution is 5.73. The van der Waals surface area contributed by atoms with Crippen LogP contribution >= 0.6 is 0 Å². The highest BCUT2D eigenvalue weighted by Crippen LogP contribution is 2.01. The van der Waals surface area contributed by atoms with Crippen molar-refractivity contribution in [2.45, 2.75) is 19.9 Å². The average Bonchev–Trinajstić information content (AvgIpc) is 2.70. The smallest absolute Gasteiger partial charge is 0.263 e. The highest BCUT2D eigenvalue weighted by atomic mass is 16.1. The molecule has 2 heterocycles. The Morgan fingerprint density at radius 3 is 3.20 bits per heavy atom. The Kier molecular flexibility index (Phi) is 2.67. The van der Waals surface area contributed by atoms with E-state index in [0.717, 1.165) is 6.42 Å². The third-order valence-electron chi connectivity index (χ3n) is 2.25. The predicted octanol–water partition coefficient (Wildman–Crippen LogP) is 1.69. The third-order valence-corrected chi connectivity index (χ3v) is 2.25. The average molecular weight is 203 g/mol. The molecule has 0 unspecified atom stereocenters. The fourth-order valence-electron chi connectivity index (χ4n) is 1.46.